The van der Waals surface area contributed by atoms with Crippen molar-refractivity contribution >= 4 is 17.5 Å². The molecule has 1 aliphatic heterocycles. The molecular weight excluding hydrogens is 302 g/mol. The van der Waals surface area contributed by atoms with Crippen LogP contribution in [0, 0.1) is 6.92 Å². The van der Waals surface area contributed by atoms with Crippen LogP contribution in [0.15, 0.2) is 30.3 Å². The number of ether oxygens (including phenoxy) is 1. The number of H-pyrrole nitrogens is 1. The van der Waals surface area contributed by atoms with Crippen molar-refractivity contribution in [3.8, 4) is 5.75 Å². The van der Waals surface area contributed by atoms with E-state index >= 15 is 0 Å². The minimum atomic E-state index is 0.0170. The topological polar surface area (TPSA) is 58.2 Å². The van der Waals surface area contributed by atoms with Gasteiger partial charge >= 0.3 is 0 Å². The average molecular weight is 320 g/mol. The highest BCUT2D eigenvalue weighted by molar-refractivity contribution is 6.30. The number of amides is 1. The molecule has 22 heavy (non-hydrogen) atoms. The number of benzene rings is 1. The zero-order valence-electron chi connectivity index (χ0n) is 12.4. The summed E-state index contributed by atoms with van der Waals surface area (Å²) in [4.78, 5) is 14.1. The van der Waals surface area contributed by atoms with Gasteiger partial charge in [0, 0.05) is 23.7 Å². The normalized spacial score (nSPS) is 17.7. The highest BCUT2D eigenvalue weighted by atomic mass is 35.5. The van der Waals surface area contributed by atoms with Crippen LogP contribution in [-0.4, -0.2) is 40.2 Å². The number of nitrogens with zero attached hydrogens (tertiary/aromatic N) is 2. The van der Waals surface area contributed by atoms with Crippen LogP contribution < -0.4 is 4.74 Å². The van der Waals surface area contributed by atoms with E-state index in [-0.39, 0.29) is 12.0 Å². The smallest absolute Gasteiger partial charge is 0.228 e. The Bertz CT molecular complexity index is 671. The van der Waals surface area contributed by atoms with E-state index in [9.17, 15) is 4.79 Å². The Hall–Kier alpha value is -2.01. The van der Waals surface area contributed by atoms with Crippen LogP contribution in [0.4, 0.5) is 0 Å². The molecule has 2 heterocycles. The van der Waals surface area contributed by atoms with Gasteiger partial charge in [0.2, 0.25) is 5.91 Å². The molecule has 0 radical (unpaired) electrons. The fraction of sp³-hybridized carbons (Fsp3) is 0.375. The molecule has 1 fully saturated rings. The summed E-state index contributed by atoms with van der Waals surface area (Å²) in [6, 6.07) is 9.23. The third-order valence-electron chi connectivity index (χ3n) is 3.69. The van der Waals surface area contributed by atoms with Gasteiger partial charge in [0.05, 0.1) is 18.7 Å². The number of hydrogen-bond acceptors (Lipinski definition) is 3. The van der Waals surface area contributed by atoms with Gasteiger partial charge in [-0.05, 0) is 31.2 Å². The molecule has 5 nitrogen and oxygen atoms in total. The van der Waals surface area contributed by atoms with Crippen molar-refractivity contribution in [1.29, 1.82) is 0 Å². The molecule has 0 bridgehead atoms. The Balaban J connectivity index is 1.54. The first-order valence-electron chi connectivity index (χ1n) is 7.31. The molecule has 2 aromatic rings. The van der Waals surface area contributed by atoms with Gasteiger partial charge in [0.15, 0.2) is 0 Å². The minimum Gasteiger partial charge on any atom is -0.488 e. The number of aromatic nitrogens is 2. The lowest BCUT2D eigenvalue weighted by molar-refractivity contribution is -0.129. The second-order valence-corrected chi connectivity index (χ2v) is 5.98. The molecule has 1 aromatic heterocycles. The maximum Gasteiger partial charge on any atom is 0.228 e. The number of carbonyl (C=O) groups is 1. The van der Waals surface area contributed by atoms with Crippen molar-refractivity contribution in [2.24, 2.45) is 0 Å². The number of carbonyl (C=O) groups excluding carboxylic acids is 1. The quantitative estimate of drug-likeness (QED) is 0.942. The highest BCUT2D eigenvalue weighted by Crippen LogP contribution is 2.22. The summed E-state index contributed by atoms with van der Waals surface area (Å²) < 4.78 is 5.89. The largest absolute Gasteiger partial charge is 0.488 e. The number of nitrogens with one attached hydrogen (secondary N) is 1. The van der Waals surface area contributed by atoms with Gasteiger partial charge in [0.25, 0.3) is 0 Å². The molecule has 0 spiro atoms. The molecule has 0 saturated carbocycles. The van der Waals surface area contributed by atoms with E-state index in [0.29, 0.717) is 24.5 Å². The summed E-state index contributed by atoms with van der Waals surface area (Å²) in [5.74, 6) is 0.832. The average Bonchev–Trinajstić information content (AvgIpc) is 3.08. The van der Waals surface area contributed by atoms with E-state index < -0.39 is 0 Å². The fourth-order valence-corrected chi connectivity index (χ4v) is 2.80. The summed E-state index contributed by atoms with van der Waals surface area (Å²) in [6.07, 6.45) is 1.18. The van der Waals surface area contributed by atoms with E-state index in [2.05, 4.69) is 10.2 Å². The molecule has 1 aromatic carbocycles. The van der Waals surface area contributed by atoms with E-state index in [0.717, 1.165) is 23.6 Å². The monoisotopic (exact) mass is 319 g/mol. The van der Waals surface area contributed by atoms with Gasteiger partial charge in [-0.1, -0.05) is 17.7 Å². The summed E-state index contributed by atoms with van der Waals surface area (Å²) in [5, 5.41) is 7.61. The van der Waals surface area contributed by atoms with Crippen molar-refractivity contribution in [1.82, 2.24) is 15.1 Å². The lowest BCUT2D eigenvalue weighted by atomic mass is 10.2. The molecule has 116 valence electrons. The SMILES string of the molecule is Cc1cc(CC(=O)N2CCC(Oc3cccc(Cl)c3)C2)n[nH]1. The van der Waals surface area contributed by atoms with Gasteiger partial charge in [0.1, 0.15) is 11.9 Å². The third-order valence-corrected chi connectivity index (χ3v) is 3.92. The molecule has 1 saturated heterocycles. The van der Waals surface area contributed by atoms with E-state index in [1.807, 2.05) is 36.1 Å². The van der Waals surface area contributed by atoms with Crippen molar-refractivity contribution < 1.29 is 9.53 Å². The van der Waals surface area contributed by atoms with Crippen LogP contribution in [0.25, 0.3) is 0 Å². The van der Waals surface area contributed by atoms with Crippen LogP contribution >= 0.6 is 11.6 Å². The molecule has 3 rings (SSSR count). The molecule has 1 atom stereocenters. The van der Waals surface area contributed by atoms with Crippen LogP contribution in [0.1, 0.15) is 17.8 Å². The number of aryl methyl sites for hydroxylation is 1. The molecule has 6 heteroatoms. The van der Waals surface area contributed by atoms with Gasteiger partial charge in [-0.3, -0.25) is 9.89 Å². The van der Waals surface area contributed by atoms with E-state index in [1.165, 1.54) is 0 Å². The molecule has 1 unspecified atom stereocenters. The number of halogens is 1. The number of rotatable bonds is 4. The van der Waals surface area contributed by atoms with Gasteiger partial charge in [-0.2, -0.15) is 5.10 Å². The zero-order valence-corrected chi connectivity index (χ0v) is 13.1. The lowest BCUT2D eigenvalue weighted by Crippen LogP contribution is -2.32. The van der Waals surface area contributed by atoms with Gasteiger partial charge < -0.3 is 9.64 Å². The standard InChI is InChI=1S/C16H18ClN3O2/c1-11-7-13(19-18-11)9-16(21)20-6-5-15(10-20)22-14-4-2-3-12(17)8-14/h2-4,7-8,15H,5-6,9-10H2,1H3,(H,18,19). The van der Waals surface area contributed by atoms with Gasteiger partial charge in [-0.25, -0.2) is 0 Å². The van der Waals surface area contributed by atoms with Crippen LogP contribution in [0.5, 0.6) is 5.75 Å². The zero-order chi connectivity index (χ0) is 15.5. The molecular formula is C16H18ClN3O2. The first kappa shape index (κ1) is 14.9. The van der Waals surface area contributed by atoms with E-state index in [1.54, 1.807) is 6.07 Å². The van der Waals surface area contributed by atoms with Crippen LogP contribution in [0.3, 0.4) is 0 Å². The first-order chi connectivity index (χ1) is 10.6. The summed E-state index contributed by atoms with van der Waals surface area (Å²) in [6.45, 7) is 3.24. The highest BCUT2D eigenvalue weighted by Gasteiger charge is 2.27. The second kappa shape index (κ2) is 6.40. The molecule has 0 aliphatic carbocycles. The Morgan fingerprint density at radius 1 is 1.50 bits per heavy atom. The predicted octanol–water partition coefficient (Wildman–Crippen LogP) is 2.59. The van der Waals surface area contributed by atoms with Crippen LogP contribution in [-0.2, 0) is 11.2 Å². The predicted molar refractivity (Wildman–Crippen MR) is 84.1 cm³/mol. The summed E-state index contributed by atoms with van der Waals surface area (Å²) >= 11 is 5.95. The Labute approximate surface area is 134 Å². The summed E-state index contributed by atoms with van der Waals surface area (Å²) in [7, 11) is 0. The van der Waals surface area contributed by atoms with Crippen molar-refractivity contribution in [3.05, 3.63) is 46.7 Å². The van der Waals surface area contributed by atoms with Gasteiger partial charge in [-0.15, -0.1) is 0 Å². The molecule has 1 aliphatic rings. The van der Waals surface area contributed by atoms with Crippen LogP contribution in [0.2, 0.25) is 5.02 Å². The van der Waals surface area contributed by atoms with Crippen molar-refractivity contribution in [3.63, 3.8) is 0 Å². The molecule has 1 amide bonds. The number of hydrogen-bond donors (Lipinski definition) is 1. The number of likely N-dealkylation sites (tertiary alicyclic amines) is 1. The third kappa shape index (κ3) is 3.60. The Kier molecular flexibility index (Phi) is 4.34. The second-order valence-electron chi connectivity index (χ2n) is 5.54. The minimum absolute atomic E-state index is 0.0170. The lowest BCUT2D eigenvalue weighted by Gasteiger charge is -2.17. The summed E-state index contributed by atoms with van der Waals surface area (Å²) in [5.41, 5.74) is 1.74. The van der Waals surface area contributed by atoms with Crippen molar-refractivity contribution in [2.75, 3.05) is 13.1 Å². The Morgan fingerprint density at radius 3 is 3.09 bits per heavy atom. The molecule has 1 N–H and O–H groups in total. The maximum atomic E-state index is 12.3. The maximum absolute atomic E-state index is 12.3. The van der Waals surface area contributed by atoms with Crippen molar-refractivity contribution in [2.45, 2.75) is 25.9 Å². The number of aromatic amines is 1. The first-order valence-corrected chi connectivity index (χ1v) is 7.69. The Morgan fingerprint density at radius 2 is 2.36 bits per heavy atom. The fourth-order valence-electron chi connectivity index (χ4n) is 2.62. The van der Waals surface area contributed by atoms with E-state index in [4.69, 9.17) is 16.3 Å².